The SMILES string of the molecule is CC[C@@H](NC(=O)OCC1c2ccccc2-c2ccccc21)C(=O)N(CC(=O)O)Cc1ccccc1. The van der Waals surface area contributed by atoms with Crippen LogP contribution in [0, 0.1) is 0 Å². The predicted octanol–water partition coefficient (Wildman–Crippen LogP) is 4.42. The number of nitrogens with zero attached hydrogens (tertiary/aromatic N) is 1. The molecule has 180 valence electrons. The fraction of sp³-hybridized carbons (Fsp3) is 0.250. The Labute approximate surface area is 204 Å². The fourth-order valence-corrected chi connectivity index (χ4v) is 4.52. The molecule has 2 N–H and O–H groups in total. The number of carbonyl (C=O) groups excluding carboxylic acids is 2. The zero-order valence-electron chi connectivity index (χ0n) is 19.5. The summed E-state index contributed by atoms with van der Waals surface area (Å²) in [6.45, 7) is 1.56. The van der Waals surface area contributed by atoms with Crippen molar-refractivity contribution in [3.63, 3.8) is 0 Å². The highest BCUT2D eigenvalue weighted by Gasteiger charge is 2.30. The molecule has 0 unspecified atom stereocenters. The van der Waals surface area contributed by atoms with Crippen molar-refractivity contribution in [2.75, 3.05) is 13.2 Å². The second-order valence-electron chi connectivity index (χ2n) is 8.50. The van der Waals surface area contributed by atoms with Crippen LogP contribution in [0.2, 0.25) is 0 Å². The number of alkyl carbamates (subject to hydrolysis) is 1. The van der Waals surface area contributed by atoms with Gasteiger partial charge in [-0.3, -0.25) is 9.59 Å². The normalized spacial score (nSPS) is 12.8. The van der Waals surface area contributed by atoms with Crippen molar-refractivity contribution in [1.29, 1.82) is 0 Å². The van der Waals surface area contributed by atoms with Crippen LogP contribution in [0.1, 0.15) is 36.0 Å². The van der Waals surface area contributed by atoms with Crippen molar-refractivity contribution < 1.29 is 24.2 Å². The quantitative estimate of drug-likeness (QED) is 0.481. The summed E-state index contributed by atoms with van der Waals surface area (Å²) < 4.78 is 5.56. The molecule has 0 bridgehead atoms. The zero-order chi connectivity index (χ0) is 24.8. The van der Waals surface area contributed by atoms with E-state index in [9.17, 15) is 19.5 Å². The summed E-state index contributed by atoms with van der Waals surface area (Å²) in [5, 5.41) is 11.9. The molecule has 7 nitrogen and oxygen atoms in total. The van der Waals surface area contributed by atoms with E-state index in [1.54, 1.807) is 6.92 Å². The van der Waals surface area contributed by atoms with Gasteiger partial charge in [-0.15, -0.1) is 0 Å². The molecule has 0 aliphatic heterocycles. The molecule has 4 rings (SSSR count). The van der Waals surface area contributed by atoms with E-state index in [1.807, 2.05) is 66.7 Å². The molecule has 0 aromatic heterocycles. The Morgan fingerprint density at radius 3 is 2.06 bits per heavy atom. The summed E-state index contributed by atoms with van der Waals surface area (Å²) in [4.78, 5) is 38.4. The summed E-state index contributed by atoms with van der Waals surface area (Å²) in [5.41, 5.74) is 5.26. The number of rotatable bonds is 9. The number of carbonyl (C=O) groups is 3. The lowest BCUT2D eigenvalue weighted by molar-refractivity contribution is -0.145. The molecule has 1 aliphatic carbocycles. The number of nitrogens with one attached hydrogen (secondary N) is 1. The van der Waals surface area contributed by atoms with E-state index in [0.717, 1.165) is 27.8 Å². The molecule has 3 aromatic carbocycles. The molecule has 0 fully saturated rings. The minimum Gasteiger partial charge on any atom is -0.480 e. The number of carboxylic acid groups (broad SMARTS) is 1. The molecule has 1 aliphatic rings. The smallest absolute Gasteiger partial charge is 0.407 e. The van der Waals surface area contributed by atoms with Crippen LogP contribution in [-0.2, 0) is 20.9 Å². The van der Waals surface area contributed by atoms with Gasteiger partial charge in [-0.05, 0) is 34.2 Å². The lowest BCUT2D eigenvalue weighted by Crippen LogP contribution is -2.49. The first-order valence-electron chi connectivity index (χ1n) is 11.6. The van der Waals surface area contributed by atoms with Crippen molar-refractivity contribution in [2.24, 2.45) is 0 Å². The largest absolute Gasteiger partial charge is 0.480 e. The van der Waals surface area contributed by atoms with E-state index in [2.05, 4.69) is 17.4 Å². The number of benzene rings is 3. The monoisotopic (exact) mass is 472 g/mol. The van der Waals surface area contributed by atoms with Crippen molar-refractivity contribution in [3.8, 4) is 11.1 Å². The number of aliphatic carboxylic acids is 1. The lowest BCUT2D eigenvalue weighted by atomic mass is 9.98. The number of fused-ring (bicyclic) bond motifs is 3. The Morgan fingerprint density at radius 2 is 1.49 bits per heavy atom. The van der Waals surface area contributed by atoms with E-state index in [0.29, 0.717) is 6.42 Å². The minimum atomic E-state index is -1.12. The van der Waals surface area contributed by atoms with Crippen LogP contribution >= 0.6 is 0 Å². The van der Waals surface area contributed by atoms with E-state index in [1.165, 1.54) is 4.90 Å². The molecular weight excluding hydrogens is 444 g/mol. The van der Waals surface area contributed by atoms with Gasteiger partial charge < -0.3 is 20.1 Å². The molecule has 3 aromatic rings. The van der Waals surface area contributed by atoms with Crippen LogP contribution in [-0.4, -0.2) is 47.2 Å². The first kappa shape index (κ1) is 24.0. The second-order valence-corrected chi connectivity index (χ2v) is 8.50. The maximum absolute atomic E-state index is 13.1. The first-order valence-corrected chi connectivity index (χ1v) is 11.6. The average molecular weight is 473 g/mol. The molecule has 2 amide bonds. The van der Waals surface area contributed by atoms with Gasteiger partial charge in [0.1, 0.15) is 19.2 Å². The highest BCUT2D eigenvalue weighted by Crippen LogP contribution is 2.44. The van der Waals surface area contributed by atoms with Gasteiger partial charge in [-0.25, -0.2) is 4.79 Å². The summed E-state index contributed by atoms with van der Waals surface area (Å²) in [7, 11) is 0. The Hall–Kier alpha value is -4.13. The maximum Gasteiger partial charge on any atom is 0.407 e. The third kappa shape index (κ3) is 5.51. The van der Waals surface area contributed by atoms with E-state index in [-0.39, 0.29) is 19.1 Å². The van der Waals surface area contributed by atoms with Gasteiger partial charge in [-0.1, -0.05) is 85.8 Å². The molecule has 35 heavy (non-hydrogen) atoms. The van der Waals surface area contributed by atoms with Crippen molar-refractivity contribution in [3.05, 3.63) is 95.6 Å². The van der Waals surface area contributed by atoms with Crippen LogP contribution in [0.25, 0.3) is 11.1 Å². The average Bonchev–Trinajstić information content (AvgIpc) is 3.19. The number of hydrogen-bond donors (Lipinski definition) is 2. The van der Waals surface area contributed by atoms with E-state index in [4.69, 9.17) is 4.74 Å². The van der Waals surface area contributed by atoms with Gasteiger partial charge in [0.2, 0.25) is 5.91 Å². The van der Waals surface area contributed by atoms with Crippen molar-refractivity contribution >= 4 is 18.0 Å². The minimum absolute atomic E-state index is 0.0921. The number of ether oxygens (including phenoxy) is 1. The molecule has 7 heteroatoms. The zero-order valence-corrected chi connectivity index (χ0v) is 19.5. The molecule has 1 atom stereocenters. The van der Waals surface area contributed by atoms with Crippen LogP contribution in [0.4, 0.5) is 4.79 Å². The lowest BCUT2D eigenvalue weighted by Gasteiger charge is -2.26. The van der Waals surface area contributed by atoms with Gasteiger partial charge >= 0.3 is 12.1 Å². The van der Waals surface area contributed by atoms with Crippen molar-refractivity contribution in [1.82, 2.24) is 10.2 Å². The highest BCUT2D eigenvalue weighted by molar-refractivity contribution is 5.88. The molecule has 0 saturated carbocycles. The van der Waals surface area contributed by atoms with Gasteiger partial charge in [-0.2, -0.15) is 0 Å². The third-order valence-electron chi connectivity index (χ3n) is 6.20. The van der Waals surface area contributed by atoms with E-state index < -0.39 is 30.6 Å². The molecule has 0 heterocycles. The Morgan fingerprint density at radius 1 is 0.914 bits per heavy atom. The number of carboxylic acids is 1. The summed E-state index contributed by atoms with van der Waals surface area (Å²) in [5.74, 6) is -1.68. The van der Waals surface area contributed by atoms with Gasteiger partial charge in [0.15, 0.2) is 0 Å². The third-order valence-corrected chi connectivity index (χ3v) is 6.20. The predicted molar refractivity (Wildman–Crippen MR) is 132 cm³/mol. The topological polar surface area (TPSA) is 95.9 Å². The fourth-order valence-electron chi connectivity index (χ4n) is 4.52. The second kappa shape index (κ2) is 10.9. The number of hydrogen-bond acceptors (Lipinski definition) is 4. The molecular formula is C28H28N2O5. The Kier molecular flexibility index (Phi) is 7.45. The first-order chi connectivity index (χ1) is 17.0. The summed E-state index contributed by atoms with van der Waals surface area (Å²) in [6.07, 6.45) is -0.407. The van der Waals surface area contributed by atoms with Crippen molar-refractivity contribution in [2.45, 2.75) is 31.8 Å². The Balaban J connectivity index is 1.42. The molecule has 0 saturated heterocycles. The summed E-state index contributed by atoms with van der Waals surface area (Å²) >= 11 is 0. The van der Waals surface area contributed by atoms with Crippen LogP contribution < -0.4 is 5.32 Å². The Bertz CT molecular complexity index is 1170. The molecule has 0 spiro atoms. The van der Waals surface area contributed by atoms with E-state index >= 15 is 0 Å². The van der Waals surface area contributed by atoms with Gasteiger partial charge in [0.05, 0.1) is 0 Å². The molecule has 0 radical (unpaired) electrons. The summed E-state index contributed by atoms with van der Waals surface area (Å²) in [6, 6.07) is 24.3. The van der Waals surface area contributed by atoms with Gasteiger partial charge in [0, 0.05) is 12.5 Å². The van der Waals surface area contributed by atoms with Gasteiger partial charge in [0.25, 0.3) is 0 Å². The number of amides is 2. The maximum atomic E-state index is 13.1. The van der Waals surface area contributed by atoms with Crippen LogP contribution in [0.15, 0.2) is 78.9 Å². The standard InChI is InChI=1S/C28H28N2O5/c1-2-25(27(33)30(17-26(31)32)16-19-10-4-3-5-11-19)29-28(34)35-18-24-22-14-8-6-12-20(22)21-13-7-9-15-23(21)24/h3-15,24-25H,2,16-18H2,1H3,(H,29,34)(H,31,32)/t25-/m1/s1. The highest BCUT2D eigenvalue weighted by atomic mass is 16.5. The van der Waals surface area contributed by atoms with Crippen LogP contribution in [0.5, 0.6) is 0 Å². The van der Waals surface area contributed by atoms with Crippen LogP contribution in [0.3, 0.4) is 0 Å².